The minimum Gasteiger partial charge on any atom is -0.350 e. The van der Waals surface area contributed by atoms with E-state index in [1.165, 1.54) is 16.7 Å². The zero-order valence-electron chi connectivity index (χ0n) is 12.9. The molecule has 0 aliphatic heterocycles. The van der Waals surface area contributed by atoms with Crippen LogP contribution in [-0.4, -0.2) is 10.5 Å². The van der Waals surface area contributed by atoms with Crippen LogP contribution >= 0.6 is 0 Å². The number of hydrogen-bond donors (Lipinski definition) is 1. The molecule has 1 N–H and O–H groups in total. The van der Waals surface area contributed by atoms with Gasteiger partial charge in [-0.05, 0) is 43.2 Å². The maximum Gasteiger partial charge on any atom is 0.269 e. The fourth-order valence-corrected chi connectivity index (χ4v) is 2.26. The van der Waals surface area contributed by atoms with Gasteiger partial charge in [0.25, 0.3) is 5.56 Å². The monoisotopic (exact) mass is 313 g/mol. The topological polar surface area (TPSA) is 74.9 Å². The molecule has 6 heteroatoms. The first-order chi connectivity index (χ1) is 10.9. The van der Waals surface area contributed by atoms with Crippen LogP contribution in [0.15, 0.2) is 35.1 Å². The highest BCUT2D eigenvalue weighted by Gasteiger charge is 2.12. The number of hydrogen-bond acceptors (Lipinski definition) is 3. The molecule has 0 saturated carbocycles. The lowest BCUT2D eigenvalue weighted by molar-refractivity contribution is -0.121. The highest BCUT2D eigenvalue weighted by molar-refractivity contribution is 5.75. The average molecular weight is 313 g/mol. The lowest BCUT2D eigenvalue weighted by atomic mass is 10.1. The molecule has 1 aromatic heterocycles. The number of nitriles is 1. The summed E-state index contributed by atoms with van der Waals surface area (Å²) >= 11 is 0. The molecule has 1 aromatic carbocycles. The fourth-order valence-electron chi connectivity index (χ4n) is 2.26. The molecule has 0 bridgehead atoms. The van der Waals surface area contributed by atoms with Gasteiger partial charge in [-0.15, -0.1) is 0 Å². The minimum absolute atomic E-state index is 0.0435. The van der Waals surface area contributed by atoms with Crippen LogP contribution in [0.3, 0.4) is 0 Å². The van der Waals surface area contributed by atoms with E-state index in [1.807, 2.05) is 6.07 Å². The largest absolute Gasteiger partial charge is 0.350 e. The quantitative estimate of drug-likeness (QED) is 0.935. The van der Waals surface area contributed by atoms with Crippen molar-refractivity contribution in [2.45, 2.75) is 26.9 Å². The van der Waals surface area contributed by atoms with E-state index < -0.39 is 5.56 Å². The molecule has 0 aliphatic rings. The van der Waals surface area contributed by atoms with Crippen molar-refractivity contribution in [1.29, 1.82) is 5.26 Å². The Balaban J connectivity index is 2.10. The molecule has 0 spiro atoms. The van der Waals surface area contributed by atoms with Gasteiger partial charge in [-0.3, -0.25) is 9.59 Å². The Morgan fingerprint density at radius 3 is 2.57 bits per heavy atom. The van der Waals surface area contributed by atoms with Crippen molar-refractivity contribution in [3.05, 3.63) is 68.9 Å². The summed E-state index contributed by atoms with van der Waals surface area (Å²) in [6, 6.07) is 9.35. The number of amides is 1. The number of rotatable bonds is 4. The molecule has 0 aliphatic carbocycles. The lowest BCUT2D eigenvalue weighted by Crippen LogP contribution is -2.34. The third-order valence-electron chi connectivity index (χ3n) is 3.52. The molecule has 0 saturated heterocycles. The predicted molar refractivity (Wildman–Crippen MR) is 83.1 cm³/mol. The Morgan fingerprint density at radius 2 is 1.96 bits per heavy atom. The number of halogens is 1. The van der Waals surface area contributed by atoms with Gasteiger partial charge in [0.15, 0.2) is 0 Å². The van der Waals surface area contributed by atoms with Crippen molar-refractivity contribution >= 4 is 5.91 Å². The Hall–Kier alpha value is -2.94. The first-order valence-corrected chi connectivity index (χ1v) is 7.04. The molecule has 5 nitrogen and oxygen atoms in total. The van der Waals surface area contributed by atoms with Crippen LogP contribution in [0.1, 0.15) is 22.4 Å². The van der Waals surface area contributed by atoms with Crippen LogP contribution in [0.25, 0.3) is 0 Å². The second kappa shape index (κ2) is 6.88. The average Bonchev–Trinajstić information content (AvgIpc) is 2.51. The fraction of sp³-hybridized carbons (Fsp3) is 0.235. The number of nitrogens with zero attached hydrogens (tertiary/aromatic N) is 2. The summed E-state index contributed by atoms with van der Waals surface area (Å²) in [5.41, 5.74) is 1.54. The van der Waals surface area contributed by atoms with E-state index in [-0.39, 0.29) is 30.4 Å². The van der Waals surface area contributed by atoms with E-state index in [0.717, 1.165) is 5.56 Å². The summed E-state index contributed by atoms with van der Waals surface area (Å²) in [6.07, 6.45) is 0. The van der Waals surface area contributed by atoms with Gasteiger partial charge in [0.2, 0.25) is 5.91 Å². The summed E-state index contributed by atoms with van der Waals surface area (Å²) in [5, 5.41) is 11.7. The summed E-state index contributed by atoms with van der Waals surface area (Å²) < 4.78 is 14.1. The summed E-state index contributed by atoms with van der Waals surface area (Å²) in [6.45, 7) is 3.47. The van der Waals surface area contributed by atoms with Gasteiger partial charge in [-0.25, -0.2) is 4.39 Å². The van der Waals surface area contributed by atoms with Gasteiger partial charge in [0, 0.05) is 12.2 Å². The van der Waals surface area contributed by atoms with Crippen LogP contribution in [-0.2, 0) is 17.9 Å². The molecule has 0 radical (unpaired) electrons. The molecule has 118 valence electrons. The van der Waals surface area contributed by atoms with E-state index in [1.54, 1.807) is 32.0 Å². The summed E-state index contributed by atoms with van der Waals surface area (Å²) in [7, 11) is 0. The van der Waals surface area contributed by atoms with E-state index >= 15 is 0 Å². The lowest BCUT2D eigenvalue weighted by Gasteiger charge is -2.12. The Bertz CT molecular complexity index is 833. The standard InChI is InChI=1S/C17H16FN3O2/c1-11-7-12(2)21(17(23)15(11)8-19)10-16(22)20-9-13-3-5-14(18)6-4-13/h3-7H,9-10H2,1-2H3,(H,20,22). The number of pyridine rings is 1. The summed E-state index contributed by atoms with van der Waals surface area (Å²) in [4.78, 5) is 24.2. The molecular formula is C17H16FN3O2. The molecule has 2 rings (SSSR count). The number of carbonyl (C=O) groups is 1. The van der Waals surface area contributed by atoms with E-state index in [9.17, 15) is 14.0 Å². The zero-order valence-corrected chi connectivity index (χ0v) is 12.9. The Morgan fingerprint density at radius 1 is 1.30 bits per heavy atom. The smallest absolute Gasteiger partial charge is 0.269 e. The summed E-state index contributed by atoms with van der Waals surface area (Å²) in [5.74, 6) is -0.696. The van der Waals surface area contributed by atoms with Gasteiger partial charge in [-0.1, -0.05) is 12.1 Å². The van der Waals surface area contributed by atoms with Crippen LogP contribution < -0.4 is 10.9 Å². The molecule has 1 heterocycles. The number of benzene rings is 1. The number of aryl methyl sites for hydroxylation is 2. The molecule has 2 aromatic rings. The minimum atomic E-state index is -0.470. The third kappa shape index (κ3) is 3.83. The maximum absolute atomic E-state index is 12.8. The molecule has 23 heavy (non-hydrogen) atoms. The number of carbonyl (C=O) groups excluding carboxylic acids is 1. The van der Waals surface area contributed by atoms with Crippen molar-refractivity contribution in [3.63, 3.8) is 0 Å². The zero-order chi connectivity index (χ0) is 17.0. The molecule has 0 fully saturated rings. The van der Waals surface area contributed by atoms with Crippen LogP contribution in [0.2, 0.25) is 0 Å². The first kappa shape index (κ1) is 16.4. The second-order valence-electron chi connectivity index (χ2n) is 5.25. The third-order valence-corrected chi connectivity index (χ3v) is 3.52. The van der Waals surface area contributed by atoms with Gasteiger partial charge in [-0.2, -0.15) is 5.26 Å². The second-order valence-corrected chi connectivity index (χ2v) is 5.25. The van der Waals surface area contributed by atoms with Gasteiger partial charge in [0.05, 0.1) is 0 Å². The van der Waals surface area contributed by atoms with Crippen molar-refractivity contribution in [2.75, 3.05) is 0 Å². The highest BCUT2D eigenvalue weighted by Crippen LogP contribution is 2.05. The van der Waals surface area contributed by atoms with E-state index in [0.29, 0.717) is 11.3 Å². The molecule has 0 unspecified atom stereocenters. The molecule has 0 atom stereocenters. The first-order valence-electron chi connectivity index (χ1n) is 7.04. The van der Waals surface area contributed by atoms with Gasteiger partial charge < -0.3 is 9.88 Å². The SMILES string of the molecule is Cc1cc(C)n(CC(=O)NCc2ccc(F)cc2)c(=O)c1C#N. The number of nitrogens with one attached hydrogen (secondary N) is 1. The molecule has 1 amide bonds. The van der Waals surface area contributed by atoms with Crippen LogP contribution in [0, 0.1) is 31.0 Å². The van der Waals surface area contributed by atoms with Crippen LogP contribution in [0.4, 0.5) is 4.39 Å². The van der Waals surface area contributed by atoms with Crippen LogP contribution in [0.5, 0.6) is 0 Å². The predicted octanol–water partition coefficient (Wildman–Crippen LogP) is 1.79. The molecular weight excluding hydrogens is 297 g/mol. The van der Waals surface area contributed by atoms with Crippen molar-refractivity contribution in [3.8, 4) is 6.07 Å². The highest BCUT2D eigenvalue weighted by atomic mass is 19.1. The Kier molecular flexibility index (Phi) is 4.91. The van der Waals surface area contributed by atoms with E-state index in [4.69, 9.17) is 5.26 Å². The van der Waals surface area contributed by atoms with Gasteiger partial charge in [0.1, 0.15) is 24.0 Å². The Labute approximate surface area is 133 Å². The normalized spacial score (nSPS) is 10.2. The number of aromatic nitrogens is 1. The van der Waals surface area contributed by atoms with Crippen molar-refractivity contribution in [2.24, 2.45) is 0 Å². The van der Waals surface area contributed by atoms with Crippen molar-refractivity contribution in [1.82, 2.24) is 9.88 Å². The van der Waals surface area contributed by atoms with E-state index in [2.05, 4.69) is 5.32 Å². The van der Waals surface area contributed by atoms with Gasteiger partial charge >= 0.3 is 0 Å². The maximum atomic E-state index is 12.8. The van der Waals surface area contributed by atoms with Crippen molar-refractivity contribution < 1.29 is 9.18 Å².